The molecule has 1 aromatic carbocycles. The van der Waals surface area contributed by atoms with E-state index in [1.54, 1.807) is 18.1 Å². The Labute approximate surface area is 130 Å². The molecule has 0 aliphatic carbocycles. The maximum Gasteiger partial charge on any atom is 0.306 e. The number of amides is 1. The first kappa shape index (κ1) is 16.1. The highest BCUT2D eigenvalue weighted by molar-refractivity contribution is 5.95. The van der Waals surface area contributed by atoms with E-state index in [1.165, 1.54) is 0 Å². The van der Waals surface area contributed by atoms with Crippen LogP contribution in [0.3, 0.4) is 0 Å². The number of para-hydroxylation sites is 1. The third-order valence-electron chi connectivity index (χ3n) is 4.03. The number of benzene rings is 1. The molecule has 2 rings (SSSR count). The van der Waals surface area contributed by atoms with E-state index in [4.69, 9.17) is 9.84 Å². The van der Waals surface area contributed by atoms with E-state index in [2.05, 4.69) is 0 Å². The molecule has 1 aliphatic rings. The van der Waals surface area contributed by atoms with Crippen LogP contribution in [0.25, 0.3) is 5.57 Å². The van der Waals surface area contributed by atoms with Crippen LogP contribution < -0.4 is 4.74 Å². The molecular formula is C17H21NO4. The van der Waals surface area contributed by atoms with Crippen molar-refractivity contribution in [3.8, 4) is 5.75 Å². The van der Waals surface area contributed by atoms with Crippen molar-refractivity contribution >= 4 is 17.4 Å². The molecule has 1 saturated heterocycles. The summed E-state index contributed by atoms with van der Waals surface area (Å²) < 4.78 is 5.30. The molecule has 0 aromatic heterocycles. The number of carboxylic acid groups (broad SMARTS) is 1. The average molecular weight is 303 g/mol. The van der Waals surface area contributed by atoms with Crippen molar-refractivity contribution in [1.82, 2.24) is 4.90 Å². The summed E-state index contributed by atoms with van der Waals surface area (Å²) in [6.45, 7) is 2.86. The maximum absolute atomic E-state index is 12.3. The second-order valence-corrected chi connectivity index (χ2v) is 5.47. The predicted molar refractivity (Wildman–Crippen MR) is 83.6 cm³/mol. The van der Waals surface area contributed by atoms with E-state index in [0.29, 0.717) is 25.9 Å². The number of aliphatic carboxylic acids is 1. The summed E-state index contributed by atoms with van der Waals surface area (Å²) in [5.74, 6) is -0.447. The third kappa shape index (κ3) is 3.67. The molecule has 5 nitrogen and oxygen atoms in total. The number of hydrogen-bond donors (Lipinski definition) is 1. The SMILES string of the molecule is COc1ccccc1C(C)=CC(=O)N1CCC(C(=O)O)CC1. The van der Waals surface area contributed by atoms with Crippen molar-refractivity contribution in [2.24, 2.45) is 5.92 Å². The van der Waals surface area contributed by atoms with Crippen LogP contribution in [0.5, 0.6) is 5.75 Å². The Morgan fingerprint density at radius 1 is 1.27 bits per heavy atom. The van der Waals surface area contributed by atoms with Gasteiger partial charge in [-0.25, -0.2) is 0 Å². The molecule has 0 unspecified atom stereocenters. The Morgan fingerprint density at radius 2 is 1.91 bits per heavy atom. The highest BCUT2D eigenvalue weighted by Gasteiger charge is 2.26. The van der Waals surface area contributed by atoms with Crippen molar-refractivity contribution in [3.63, 3.8) is 0 Å². The predicted octanol–water partition coefficient (Wildman–Crippen LogP) is 2.42. The maximum atomic E-state index is 12.3. The summed E-state index contributed by atoms with van der Waals surface area (Å²) in [6.07, 6.45) is 2.63. The summed E-state index contributed by atoms with van der Waals surface area (Å²) in [5, 5.41) is 8.99. The van der Waals surface area contributed by atoms with E-state index in [-0.39, 0.29) is 11.8 Å². The van der Waals surface area contributed by atoms with Crippen LogP contribution in [0, 0.1) is 5.92 Å². The van der Waals surface area contributed by atoms with E-state index >= 15 is 0 Å². The number of hydrogen-bond acceptors (Lipinski definition) is 3. The number of nitrogens with zero attached hydrogens (tertiary/aromatic N) is 1. The highest BCUT2D eigenvalue weighted by Crippen LogP contribution is 2.26. The fourth-order valence-corrected chi connectivity index (χ4v) is 2.67. The van der Waals surface area contributed by atoms with Crippen LogP contribution in [-0.4, -0.2) is 42.1 Å². The zero-order valence-corrected chi connectivity index (χ0v) is 12.9. The van der Waals surface area contributed by atoms with Gasteiger partial charge in [-0.2, -0.15) is 0 Å². The van der Waals surface area contributed by atoms with E-state index < -0.39 is 5.97 Å². The minimum absolute atomic E-state index is 0.0766. The monoisotopic (exact) mass is 303 g/mol. The number of rotatable bonds is 4. The first-order valence-corrected chi connectivity index (χ1v) is 7.36. The molecule has 0 bridgehead atoms. The van der Waals surface area contributed by atoms with Gasteiger partial charge in [-0.1, -0.05) is 18.2 Å². The number of carbonyl (C=O) groups is 2. The first-order chi connectivity index (χ1) is 10.5. The lowest BCUT2D eigenvalue weighted by Crippen LogP contribution is -2.39. The molecule has 1 fully saturated rings. The molecule has 0 atom stereocenters. The van der Waals surface area contributed by atoms with E-state index in [1.807, 2.05) is 31.2 Å². The van der Waals surface area contributed by atoms with Gasteiger partial charge in [0.2, 0.25) is 5.91 Å². The van der Waals surface area contributed by atoms with Crippen molar-refractivity contribution in [2.45, 2.75) is 19.8 Å². The zero-order chi connectivity index (χ0) is 16.1. The molecular weight excluding hydrogens is 282 g/mol. The lowest BCUT2D eigenvalue weighted by Gasteiger charge is -2.29. The van der Waals surface area contributed by atoms with Crippen LogP contribution in [-0.2, 0) is 9.59 Å². The molecule has 118 valence electrons. The van der Waals surface area contributed by atoms with Crippen molar-refractivity contribution < 1.29 is 19.4 Å². The van der Waals surface area contributed by atoms with Crippen LogP contribution in [0.15, 0.2) is 30.3 Å². The smallest absolute Gasteiger partial charge is 0.306 e. The lowest BCUT2D eigenvalue weighted by molar-refractivity contribution is -0.144. The Balaban J connectivity index is 2.06. The Hall–Kier alpha value is -2.30. The van der Waals surface area contributed by atoms with Gasteiger partial charge in [0.1, 0.15) is 5.75 Å². The molecule has 1 aromatic rings. The fourth-order valence-electron chi connectivity index (χ4n) is 2.67. The number of carbonyl (C=O) groups excluding carboxylic acids is 1. The van der Waals surface area contributed by atoms with Gasteiger partial charge in [0.15, 0.2) is 0 Å². The van der Waals surface area contributed by atoms with Crippen LogP contribution in [0.4, 0.5) is 0 Å². The van der Waals surface area contributed by atoms with Gasteiger partial charge in [-0.05, 0) is 31.4 Å². The van der Waals surface area contributed by atoms with E-state index in [0.717, 1.165) is 16.9 Å². The largest absolute Gasteiger partial charge is 0.496 e. The average Bonchev–Trinajstić information content (AvgIpc) is 2.54. The number of piperidine rings is 1. The highest BCUT2D eigenvalue weighted by atomic mass is 16.5. The summed E-state index contributed by atoms with van der Waals surface area (Å²) in [5.41, 5.74) is 1.72. The second kappa shape index (κ2) is 7.11. The normalized spacial score (nSPS) is 16.5. The Kier molecular flexibility index (Phi) is 5.20. The fraction of sp³-hybridized carbons (Fsp3) is 0.412. The zero-order valence-electron chi connectivity index (χ0n) is 12.9. The molecule has 1 N–H and O–H groups in total. The summed E-state index contributed by atoms with van der Waals surface area (Å²) in [6, 6.07) is 7.55. The molecule has 5 heteroatoms. The van der Waals surface area contributed by atoms with Gasteiger partial charge in [0.25, 0.3) is 0 Å². The lowest BCUT2D eigenvalue weighted by atomic mass is 9.97. The van der Waals surface area contributed by atoms with E-state index in [9.17, 15) is 9.59 Å². The summed E-state index contributed by atoms with van der Waals surface area (Å²) in [4.78, 5) is 25.0. The summed E-state index contributed by atoms with van der Waals surface area (Å²) >= 11 is 0. The number of likely N-dealkylation sites (tertiary alicyclic amines) is 1. The molecule has 0 spiro atoms. The van der Waals surface area contributed by atoms with Gasteiger partial charge in [0.05, 0.1) is 13.0 Å². The minimum atomic E-state index is -0.771. The van der Waals surface area contributed by atoms with Gasteiger partial charge in [-0.3, -0.25) is 9.59 Å². The summed E-state index contributed by atoms with van der Waals surface area (Å²) in [7, 11) is 1.60. The second-order valence-electron chi connectivity index (χ2n) is 5.47. The van der Waals surface area contributed by atoms with Gasteiger partial charge >= 0.3 is 5.97 Å². The van der Waals surface area contributed by atoms with Crippen molar-refractivity contribution in [3.05, 3.63) is 35.9 Å². The molecule has 0 radical (unpaired) electrons. The molecule has 0 saturated carbocycles. The van der Waals surface area contributed by atoms with Gasteiger partial charge < -0.3 is 14.7 Å². The Morgan fingerprint density at radius 3 is 2.50 bits per heavy atom. The van der Waals surface area contributed by atoms with Crippen molar-refractivity contribution in [1.29, 1.82) is 0 Å². The molecule has 1 amide bonds. The number of carboxylic acids is 1. The number of ether oxygens (including phenoxy) is 1. The minimum Gasteiger partial charge on any atom is -0.496 e. The third-order valence-corrected chi connectivity index (χ3v) is 4.03. The standard InChI is InChI=1S/C17H21NO4/c1-12(14-5-3-4-6-15(14)22-2)11-16(19)18-9-7-13(8-10-18)17(20)21/h3-6,11,13H,7-10H2,1-2H3,(H,20,21). The van der Waals surface area contributed by atoms with Gasteiger partial charge in [0, 0.05) is 24.7 Å². The molecule has 1 aliphatic heterocycles. The number of methoxy groups -OCH3 is 1. The topological polar surface area (TPSA) is 66.8 Å². The molecule has 1 heterocycles. The van der Waals surface area contributed by atoms with Crippen molar-refractivity contribution in [2.75, 3.05) is 20.2 Å². The number of allylic oxidation sites excluding steroid dienone is 1. The quantitative estimate of drug-likeness (QED) is 0.868. The molecule has 22 heavy (non-hydrogen) atoms. The van der Waals surface area contributed by atoms with Crippen LogP contribution in [0.2, 0.25) is 0 Å². The van der Waals surface area contributed by atoms with Gasteiger partial charge in [-0.15, -0.1) is 0 Å². The van der Waals surface area contributed by atoms with Crippen LogP contribution >= 0.6 is 0 Å². The Bertz CT molecular complexity index is 586. The first-order valence-electron chi connectivity index (χ1n) is 7.36. The van der Waals surface area contributed by atoms with Crippen LogP contribution in [0.1, 0.15) is 25.3 Å².